The highest BCUT2D eigenvalue weighted by atomic mass is 16.2. The first-order chi connectivity index (χ1) is 14.5. The molecule has 0 aromatic heterocycles. The van der Waals surface area contributed by atoms with E-state index in [-0.39, 0.29) is 5.91 Å². The topological polar surface area (TPSA) is 66.5 Å². The Morgan fingerprint density at radius 3 is 1.83 bits per heavy atom. The summed E-state index contributed by atoms with van der Waals surface area (Å²) in [6.45, 7) is 3.58. The van der Waals surface area contributed by atoms with Crippen molar-refractivity contribution in [2.75, 3.05) is 0 Å². The van der Waals surface area contributed by atoms with Crippen LogP contribution in [-0.4, -0.2) is 28.7 Å². The van der Waals surface area contributed by atoms with Crippen LogP contribution in [0.5, 0.6) is 0 Å². The van der Waals surface area contributed by atoms with Crippen LogP contribution < -0.4 is 5.32 Å². The lowest BCUT2D eigenvalue weighted by Crippen LogP contribution is -2.48. The Labute approximate surface area is 175 Å². The average Bonchev–Trinajstić information content (AvgIpc) is 3.03. The number of nitrogens with one attached hydrogen (secondary N) is 1. The second-order valence-electron chi connectivity index (χ2n) is 7.46. The number of carbonyl (C=O) groups is 3. The second kappa shape index (κ2) is 7.95. The van der Waals surface area contributed by atoms with E-state index in [1.165, 1.54) is 0 Å². The minimum atomic E-state index is -0.936. The summed E-state index contributed by atoms with van der Waals surface area (Å²) in [4.78, 5) is 39.7. The molecule has 3 amide bonds. The van der Waals surface area contributed by atoms with Gasteiger partial charge in [-0.2, -0.15) is 0 Å². The molecule has 0 radical (unpaired) electrons. The number of benzene rings is 3. The molecule has 0 bridgehead atoms. The lowest BCUT2D eigenvalue weighted by Gasteiger charge is -2.26. The molecule has 4 rings (SSSR count). The number of nitrogens with zero attached hydrogens (tertiary/aromatic N) is 1. The Bertz CT molecular complexity index is 1070. The smallest absolute Gasteiger partial charge is 0.262 e. The zero-order valence-electron chi connectivity index (χ0n) is 16.8. The van der Waals surface area contributed by atoms with E-state index < -0.39 is 23.9 Å². The molecule has 30 heavy (non-hydrogen) atoms. The SMILES string of the molecule is Cc1ccc([C@H](NC(=O)[C@H](C)N2C(=O)c3ccccc3C2=O)c2ccccc2)cc1. The Balaban J connectivity index is 1.61. The first kappa shape index (κ1) is 19.6. The molecule has 1 heterocycles. The number of carbonyl (C=O) groups excluding carboxylic acids is 3. The molecule has 1 N–H and O–H groups in total. The van der Waals surface area contributed by atoms with Gasteiger partial charge < -0.3 is 5.32 Å². The molecule has 0 fully saturated rings. The van der Waals surface area contributed by atoms with Crippen LogP contribution in [0.3, 0.4) is 0 Å². The van der Waals surface area contributed by atoms with Crippen LogP contribution in [0.1, 0.15) is 50.4 Å². The highest BCUT2D eigenvalue weighted by Crippen LogP contribution is 2.26. The van der Waals surface area contributed by atoms with E-state index in [9.17, 15) is 14.4 Å². The van der Waals surface area contributed by atoms with Gasteiger partial charge in [0, 0.05) is 0 Å². The Hall–Kier alpha value is -3.73. The number of amides is 3. The average molecular weight is 398 g/mol. The van der Waals surface area contributed by atoms with E-state index >= 15 is 0 Å². The van der Waals surface area contributed by atoms with Gasteiger partial charge in [0.2, 0.25) is 5.91 Å². The number of hydrogen-bond donors (Lipinski definition) is 1. The fourth-order valence-corrected chi connectivity index (χ4v) is 3.70. The van der Waals surface area contributed by atoms with Gasteiger partial charge in [-0.3, -0.25) is 19.3 Å². The van der Waals surface area contributed by atoms with Crippen LogP contribution in [-0.2, 0) is 4.79 Å². The van der Waals surface area contributed by atoms with Crippen LogP contribution in [0.25, 0.3) is 0 Å². The zero-order chi connectivity index (χ0) is 21.3. The van der Waals surface area contributed by atoms with Crippen molar-refractivity contribution in [2.24, 2.45) is 0 Å². The molecule has 0 saturated heterocycles. The van der Waals surface area contributed by atoms with Gasteiger partial charge in [0.05, 0.1) is 17.2 Å². The van der Waals surface area contributed by atoms with Gasteiger partial charge in [-0.25, -0.2) is 0 Å². The van der Waals surface area contributed by atoms with Gasteiger partial charge in [0.1, 0.15) is 6.04 Å². The molecule has 3 aromatic rings. The summed E-state index contributed by atoms with van der Waals surface area (Å²) in [7, 11) is 0. The van der Waals surface area contributed by atoms with E-state index in [2.05, 4.69) is 5.32 Å². The van der Waals surface area contributed by atoms with E-state index in [0.29, 0.717) is 11.1 Å². The number of fused-ring (bicyclic) bond motifs is 1. The van der Waals surface area contributed by atoms with Crippen molar-refractivity contribution >= 4 is 17.7 Å². The fourth-order valence-electron chi connectivity index (χ4n) is 3.70. The summed E-state index contributed by atoms with van der Waals surface area (Å²) >= 11 is 0. The maximum atomic E-state index is 13.1. The maximum absolute atomic E-state index is 13.1. The molecule has 1 aliphatic rings. The fraction of sp³-hybridized carbons (Fsp3) is 0.160. The molecule has 2 atom stereocenters. The van der Waals surface area contributed by atoms with E-state index in [1.807, 2.05) is 61.5 Å². The number of hydrogen-bond acceptors (Lipinski definition) is 3. The van der Waals surface area contributed by atoms with Crippen molar-refractivity contribution in [1.29, 1.82) is 0 Å². The number of aryl methyl sites for hydroxylation is 1. The molecule has 5 heteroatoms. The largest absolute Gasteiger partial charge is 0.343 e. The number of rotatable bonds is 5. The van der Waals surface area contributed by atoms with Gasteiger partial charge in [0.25, 0.3) is 11.8 Å². The summed E-state index contributed by atoms with van der Waals surface area (Å²) in [5, 5.41) is 3.03. The normalized spacial score (nSPS) is 14.9. The van der Waals surface area contributed by atoms with Gasteiger partial charge in [-0.15, -0.1) is 0 Å². The lowest BCUT2D eigenvalue weighted by molar-refractivity contribution is -0.125. The standard InChI is InChI=1S/C25H22N2O3/c1-16-12-14-19(15-13-16)22(18-8-4-3-5-9-18)26-23(28)17(2)27-24(29)20-10-6-7-11-21(20)25(27)30/h3-15,17,22H,1-2H3,(H,26,28)/t17-,22+/m0/s1. The summed E-state index contributed by atoms with van der Waals surface area (Å²) in [6, 6.07) is 22.9. The van der Waals surface area contributed by atoms with Crippen LogP contribution >= 0.6 is 0 Å². The predicted molar refractivity (Wildman–Crippen MR) is 114 cm³/mol. The van der Waals surface area contributed by atoms with E-state index in [0.717, 1.165) is 21.6 Å². The molecule has 5 nitrogen and oxygen atoms in total. The van der Waals surface area contributed by atoms with Crippen molar-refractivity contribution in [3.63, 3.8) is 0 Å². The van der Waals surface area contributed by atoms with Crippen LogP contribution in [0.2, 0.25) is 0 Å². The van der Waals surface area contributed by atoms with Crippen LogP contribution in [0.4, 0.5) is 0 Å². The minimum Gasteiger partial charge on any atom is -0.343 e. The molecule has 1 aliphatic heterocycles. The number of imide groups is 1. The first-order valence-electron chi connectivity index (χ1n) is 9.86. The molecular weight excluding hydrogens is 376 g/mol. The van der Waals surface area contributed by atoms with Crippen molar-refractivity contribution < 1.29 is 14.4 Å². The van der Waals surface area contributed by atoms with Crippen molar-refractivity contribution in [3.05, 3.63) is 107 Å². The summed E-state index contributed by atoms with van der Waals surface area (Å²) in [5.74, 6) is -1.27. The monoisotopic (exact) mass is 398 g/mol. The molecule has 0 unspecified atom stereocenters. The van der Waals surface area contributed by atoms with Gasteiger partial charge in [-0.05, 0) is 37.1 Å². The van der Waals surface area contributed by atoms with E-state index in [1.54, 1.807) is 31.2 Å². The zero-order valence-corrected chi connectivity index (χ0v) is 16.8. The van der Waals surface area contributed by atoms with Gasteiger partial charge >= 0.3 is 0 Å². The van der Waals surface area contributed by atoms with Crippen molar-refractivity contribution in [3.8, 4) is 0 Å². The predicted octanol–water partition coefficient (Wildman–Crippen LogP) is 3.89. The summed E-state index contributed by atoms with van der Waals surface area (Å²) < 4.78 is 0. The van der Waals surface area contributed by atoms with Crippen molar-refractivity contribution in [1.82, 2.24) is 10.2 Å². The highest BCUT2D eigenvalue weighted by molar-refractivity contribution is 6.22. The van der Waals surface area contributed by atoms with Gasteiger partial charge in [-0.1, -0.05) is 72.3 Å². The van der Waals surface area contributed by atoms with Gasteiger partial charge in [0.15, 0.2) is 0 Å². The molecule has 0 spiro atoms. The molecule has 150 valence electrons. The van der Waals surface area contributed by atoms with Crippen molar-refractivity contribution in [2.45, 2.75) is 25.9 Å². The molecule has 0 saturated carbocycles. The molecule has 0 aliphatic carbocycles. The molecule has 3 aromatic carbocycles. The Kier molecular flexibility index (Phi) is 5.19. The Morgan fingerprint density at radius 2 is 1.27 bits per heavy atom. The first-order valence-corrected chi connectivity index (χ1v) is 9.86. The van der Waals surface area contributed by atoms with E-state index in [4.69, 9.17) is 0 Å². The minimum absolute atomic E-state index is 0.334. The summed E-state index contributed by atoms with van der Waals surface area (Å²) in [5.41, 5.74) is 3.64. The second-order valence-corrected chi connectivity index (χ2v) is 7.46. The third-order valence-corrected chi connectivity index (χ3v) is 5.42. The third-order valence-electron chi connectivity index (χ3n) is 5.42. The lowest BCUT2D eigenvalue weighted by atomic mass is 9.97. The summed E-state index contributed by atoms with van der Waals surface area (Å²) in [6.07, 6.45) is 0. The maximum Gasteiger partial charge on any atom is 0.262 e. The Morgan fingerprint density at radius 1 is 0.767 bits per heavy atom. The third kappa shape index (κ3) is 3.50. The quantitative estimate of drug-likeness (QED) is 0.663. The van der Waals surface area contributed by atoms with Crippen LogP contribution in [0, 0.1) is 6.92 Å². The highest BCUT2D eigenvalue weighted by Gasteiger charge is 2.41. The van der Waals surface area contributed by atoms with Crippen LogP contribution in [0.15, 0.2) is 78.9 Å². The molecular formula is C25H22N2O3.